The summed E-state index contributed by atoms with van der Waals surface area (Å²) in [7, 11) is 0. The predicted octanol–water partition coefficient (Wildman–Crippen LogP) is 4.85. The molecule has 0 atom stereocenters. The molecule has 0 saturated carbocycles. The van der Waals surface area contributed by atoms with Gasteiger partial charge in [-0.2, -0.15) is 0 Å². The molecule has 0 spiro atoms. The van der Waals surface area contributed by atoms with E-state index in [4.69, 9.17) is 0 Å². The molecule has 0 unspecified atom stereocenters. The summed E-state index contributed by atoms with van der Waals surface area (Å²) in [4.78, 5) is 27.6. The van der Waals surface area contributed by atoms with E-state index in [0.717, 1.165) is 9.10 Å². The number of carbonyl (C=O) groups excluding carboxylic acids is 1. The highest BCUT2D eigenvalue weighted by atomic mass is 32.2. The molecule has 0 fully saturated rings. The number of hydrogen-bond donors (Lipinski definition) is 1. The van der Waals surface area contributed by atoms with Gasteiger partial charge in [0.1, 0.15) is 0 Å². The summed E-state index contributed by atoms with van der Waals surface area (Å²) >= 11 is 3.00. The number of amides is 1. The lowest BCUT2D eigenvalue weighted by molar-refractivity contribution is -0.384. The number of non-ortho nitro benzene ring substituents is 1. The van der Waals surface area contributed by atoms with E-state index in [1.165, 1.54) is 30.0 Å². The quantitative estimate of drug-likeness (QED) is 0.373. The molecule has 8 heteroatoms. The number of pyridine rings is 1. The minimum atomic E-state index is -0.487. The van der Waals surface area contributed by atoms with Crippen LogP contribution in [0.25, 0.3) is 6.08 Å². The fraction of sp³-hybridized carbons (Fsp3) is 0. The van der Waals surface area contributed by atoms with Crippen molar-refractivity contribution >= 4 is 46.5 Å². The van der Waals surface area contributed by atoms with E-state index in [1.54, 1.807) is 41.8 Å². The van der Waals surface area contributed by atoms with Gasteiger partial charge in [-0.25, -0.2) is 0 Å². The fourth-order valence-electron chi connectivity index (χ4n) is 2.06. The number of nitrogens with one attached hydrogen (secondary N) is 1. The Balaban J connectivity index is 1.81. The highest BCUT2D eigenvalue weighted by Crippen LogP contribution is 2.37. The number of rotatable bonds is 6. The molecule has 3 rings (SSSR count). The van der Waals surface area contributed by atoms with Crippen LogP contribution < -0.4 is 5.32 Å². The van der Waals surface area contributed by atoms with E-state index in [1.807, 2.05) is 23.6 Å². The molecule has 1 amide bonds. The largest absolute Gasteiger partial charge is 0.321 e. The van der Waals surface area contributed by atoms with Crippen molar-refractivity contribution in [3.05, 3.63) is 82.0 Å². The van der Waals surface area contributed by atoms with Gasteiger partial charge in [0, 0.05) is 29.3 Å². The maximum Gasteiger partial charge on any atom is 0.271 e. The minimum absolute atomic E-state index is 0.0791. The summed E-state index contributed by atoms with van der Waals surface area (Å²) in [6, 6.07) is 13.7. The maximum atomic E-state index is 12.2. The Bertz CT molecular complexity index is 942. The lowest BCUT2D eigenvalue weighted by Gasteiger charge is -2.08. The molecule has 2 aromatic heterocycles. The summed E-state index contributed by atoms with van der Waals surface area (Å²) in [6.45, 7) is 0. The molecule has 0 radical (unpaired) electrons. The van der Waals surface area contributed by atoms with E-state index in [9.17, 15) is 14.9 Å². The van der Waals surface area contributed by atoms with Crippen LogP contribution in [0.1, 0.15) is 5.69 Å². The van der Waals surface area contributed by atoms with E-state index in [2.05, 4.69) is 10.3 Å². The summed E-state index contributed by atoms with van der Waals surface area (Å²) in [5, 5.41) is 15.7. The fourth-order valence-corrected chi connectivity index (χ4v) is 3.85. The van der Waals surface area contributed by atoms with Crippen LogP contribution in [-0.2, 0) is 4.79 Å². The Labute approximate surface area is 157 Å². The van der Waals surface area contributed by atoms with Crippen molar-refractivity contribution in [2.75, 3.05) is 5.32 Å². The van der Waals surface area contributed by atoms with Crippen LogP contribution in [-0.4, -0.2) is 15.8 Å². The highest BCUT2D eigenvalue weighted by molar-refractivity contribution is 8.01. The topological polar surface area (TPSA) is 85.1 Å². The average Bonchev–Trinajstić information content (AvgIpc) is 3.15. The molecule has 0 aliphatic carbocycles. The van der Waals surface area contributed by atoms with Crippen molar-refractivity contribution < 1.29 is 9.72 Å². The van der Waals surface area contributed by atoms with E-state index in [0.29, 0.717) is 11.4 Å². The van der Waals surface area contributed by atoms with Crippen molar-refractivity contribution in [2.24, 2.45) is 0 Å². The van der Waals surface area contributed by atoms with Gasteiger partial charge in [-0.3, -0.25) is 19.9 Å². The van der Waals surface area contributed by atoms with Gasteiger partial charge in [0.15, 0.2) is 0 Å². The first-order chi connectivity index (χ1) is 12.6. The second kappa shape index (κ2) is 8.41. The second-order valence-electron chi connectivity index (χ2n) is 5.05. The summed E-state index contributed by atoms with van der Waals surface area (Å²) in [5.74, 6) is -0.385. The van der Waals surface area contributed by atoms with Gasteiger partial charge < -0.3 is 5.32 Å². The molecule has 0 saturated heterocycles. The SMILES string of the molecule is O=C(/C=C/c1ccccn1)Nc1cc([N+](=O)[O-])ccc1Sc1cccs1. The molecular weight excluding hydrogens is 370 g/mol. The molecular formula is C18H13N3O3S2. The number of benzene rings is 1. The van der Waals surface area contributed by atoms with Gasteiger partial charge in [-0.1, -0.05) is 23.9 Å². The summed E-state index contributed by atoms with van der Waals surface area (Å²) < 4.78 is 1.03. The molecule has 0 aliphatic heterocycles. The van der Waals surface area contributed by atoms with Crippen molar-refractivity contribution in [1.82, 2.24) is 4.98 Å². The van der Waals surface area contributed by atoms with Crippen LogP contribution in [0.3, 0.4) is 0 Å². The molecule has 130 valence electrons. The van der Waals surface area contributed by atoms with Crippen molar-refractivity contribution in [1.29, 1.82) is 0 Å². The predicted molar refractivity (Wildman–Crippen MR) is 103 cm³/mol. The molecule has 3 aromatic rings. The molecule has 1 N–H and O–H groups in total. The molecule has 0 aliphatic rings. The van der Waals surface area contributed by atoms with Crippen molar-refractivity contribution in [3.63, 3.8) is 0 Å². The lowest BCUT2D eigenvalue weighted by Crippen LogP contribution is -2.09. The Morgan fingerprint density at radius 3 is 2.81 bits per heavy atom. The maximum absolute atomic E-state index is 12.2. The zero-order valence-electron chi connectivity index (χ0n) is 13.4. The number of carbonyl (C=O) groups is 1. The number of hydrogen-bond acceptors (Lipinski definition) is 6. The molecule has 1 aromatic carbocycles. The Hall–Kier alpha value is -2.97. The Kier molecular flexibility index (Phi) is 5.77. The number of nitrogens with zero attached hydrogens (tertiary/aromatic N) is 2. The van der Waals surface area contributed by atoms with Gasteiger partial charge in [-0.15, -0.1) is 11.3 Å². The Morgan fingerprint density at radius 2 is 2.12 bits per heavy atom. The number of anilines is 1. The van der Waals surface area contributed by atoms with Crippen LogP contribution in [0.5, 0.6) is 0 Å². The number of thiophene rings is 1. The average molecular weight is 383 g/mol. The lowest BCUT2D eigenvalue weighted by atomic mass is 10.2. The molecule has 0 bridgehead atoms. The van der Waals surface area contributed by atoms with Gasteiger partial charge >= 0.3 is 0 Å². The van der Waals surface area contributed by atoms with Crippen LogP contribution in [0.15, 0.2) is 75.3 Å². The van der Waals surface area contributed by atoms with E-state index in [-0.39, 0.29) is 11.6 Å². The van der Waals surface area contributed by atoms with Crippen LogP contribution >= 0.6 is 23.1 Å². The van der Waals surface area contributed by atoms with Gasteiger partial charge in [0.05, 0.1) is 20.5 Å². The van der Waals surface area contributed by atoms with Crippen LogP contribution in [0, 0.1) is 10.1 Å². The van der Waals surface area contributed by atoms with Crippen LogP contribution in [0.4, 0.5) is 11.4 Å². The third-order valence-electron chi connectivity index (χ3n) is 3.23. The van der Waals surface area contributed by atoms with Crippen molar-refractivity contribution in [2.45, 2.75) is 9.10 Å². The first-order valence-electron chi connectivity index (χ1n) is 7.52. The number of nitro benzene ring substituents is 1. The monoisotopic (exact) mass is 383 g/mol. The number of nitro groups is 1. The van der Waals surface area contributed by atoms with E-state index < -0.39 is 4.92 Å². The molecule has 2 heterocycles. The standard InChI is InChI=1S/C18H13N3O3S2/c22-17(9-6-13-4-1-2-10-19-13)20-15-12-14(21(23)24)7-8-16(15)26-18-5-3-11-25-18/h1-12H,(H,20,22)/b9-6+. The summed E-state index contributed by atoms with van der Waals surface area (Å²) in [6.07, 6.45) is 4.56. The smallest absolute Gasteiger partial charge is 0.271 e. The normalized spacial score (nSPS) is 10.8. The third-order valence-corrected chi connectivity index (χ3v) is 5.34. The van der Waals surface area contributed by atoms with Gasteiger partial charge in [0.2, 0.25) is 5.91 Å². The summed E-state index contributed by atoms with van der Waals surface area (Å²) in [5.41, 5.74) is 0.965. The first-order valence-corrected chi connectivity index (χ1v) is 9.21. The van der Waals surface area contributed by atoms with Gasteiger partial charge in [-0.05, 0) is 35.7 Å². The molecule has 6 nitrogen and oxygen atoms in total. The molecule has 26 heavy (non-hydrogen) atoms. The Morgan fingerprint density at radius 1 is 1.23 bits per heavy atom. The van der Waals surface area contributed by atoms with E-state index >= 15 is 0 Å². The van der Waals surface area contributed by atoms with Gasteiger partial charge in [0.25, 0.3) is 5.69 Å². The number of aromatic nitrogens is 1. The minimum Gasteiger partial charge on any atom is -0.321 e. The highest BCUT2D eigenvalue weighted by Gasteiger charge is 2.13. The van der Waals surface area contributed by atoms with Crippen molar-refractivity contribution in [3.8, 4) is 0 Å². The second-order valence-corrected chi connectivity index (χ2v) is 7.34. The first kappa shape index (κ1) is 17.8. The van der Waals surface area contributed by atoms with Crippen LogP contribution in [0.2, 0.25) is 0 Å². The zero-order chi connectivity index (χ0) is 18.4. The third kappa shape index (κ3) is 4.78. The zero-order valence-corrected chi connectivity index (χ0v) is 15.0.